The molecule has 106 valence electrons. The first-order valence-electron chi connectivity index (χ1n) is 6.69. The molecule has 1 aliphatic heterocycles. The molecule has 1 heterocycles. The third kappa shape index (κ3) is 3.44. The Labute approximate surface area is 118 Å². The first-order valence-corrected chi connectivity index (χ1v) is 6.69. The van der Waals surface area contributed by atoms with Gasteiger partial charge in [0.1, 0.15) is 0 Å². The summed E-state index contributed by atoms with van der Waals surface area (Å²) in [6, 6.07) is 9.69. The van der Waals surface area contributed by atoms with E-state index in [1.165, 1.54) is 4.90 Å². The minimum Gasteiger partial charge on any atom is -0.341 e. The maximum atomic E-state index is 12.0. The van der Waals surface area contributed by atoms with Crippen LogP contribution in [0.4, 0.5) is 0 Å². The summed E-state index contributed by atoms with van der Waals surface area (Å²) >= 11 is 0. The number of carbonyl (C=O) groups is 3. The molecule has 1 fully saturated rings. The van der Waals surface area contributed by atoms with E-state index in [4.69, 9.17) is 0 Å². The van der Waals surface area contributed by atoms with Crippen LogP contribution in [0.3, 0.4) is 0 Å². The maximum Gasteiger partial charge on any atom is 0.229 e. The van der Waals surface area contributed by atoms with Crippen molar-refractivity contribution in [3.8, 4) is 0 Å². The molecule has 0 aromatic heterocycles. The Hall–Kier alpha value is -2.17. The largest absolute Gasteiger partial charge is 0.341 e. The standard InChI is InChI=1S/C15H18N2O3/c1-16(11-12-5-3-2-4-6-12)13(18)9-10-17-14(19)7-8-15(17)20/h2-6H,7-11H2,1H3. The molecular weight excluding hydrogens is 256 g/mol. The highest BCUT2D eigenvalue weighted by Gasteiger charge is 2.29. The topological polar surface area (TPSA) is 57.7 Å². The van der Waals surface area contributed by atoms with E-state index in [2.05, 4.69) is 0 Å². The predicted octanol–water partition coefficient (Wildman–Crippen LogP) is 1.18. The Morgan fingerprint density at radius 3 is 2.35 bits per heavy atom. The van der Waals surface area contributed by atoms with Crippen molar-refractivity contribution in [1.82, 2.24) is 9.80 Å². The molecule has 0 saturated carbocycles. The summed E-state index contributed by atoms with van der Waals surface area (Å²) in [7, 11) is 1.73. The number of carbonyl (C=O) groups excluding carboxylic acids is 3. The number of imide groups is 1. The van der Waals surface area contributed by atoms with Crippen LogP contribution in [0, 0.1) is 0 Å². The van der Waals surface area contributed by atoms with Crippen LogP contribution in [0.1, 0.15) is 24.8 Å². The molecule has 1 aliphatic rings. The second-order valence-corrected chi connectivity index (χ2v) is 4.92. The smallest absolute Gasteiger partial charge is 0.229 e. The number of nitrogens with zero attached hydrogens (tertiary/aromatic N) is 2. The highest BCUT2D eigenvalue weighted by atomic mass is 16.2. The third-order valence-electron chi connectivity index (χ3n) is 3.39. The highest BCUT2D eigenvalue weighted by molar-refractivity contribution is 6.02. The summed E-state index contributed by atoms with van der Waals surface area (Å²) in [5.41, 5.74) is 1.05. The highest BCUT2D eigenvalue weighted by Crippen LogP contribution is 2.12. The summed E-state index contributed by atoms with van der Waals surface area (Å²) < 4.78 is 0. The average molecular weight is 274 g/mol. The van der Waals surface area contributed by atoms with Crippen LogP contribution < -0.4 is 0 Å². The molecule has 1 saturated heterocycles. The van der Waals surface area contributed by atoms with Crippen LogP contribution in [0.15, 0.2) is 30.3 Å². The fraction of sp³-hybridized carbons (Fsp3) is 0.400. The van der Waals surface area contributed by atoms with Gasteiger partial charge in [-0.25, -0.2) is 0 Å². The van der Waals surface area contributed by atoms with Gasteiger partial charge < -0.3 is 4.90 Å². The van der Waals surface area contributed by atoms with Crippen molar-refractivity contribution in [2.45, 2.75) is 25.8 Å². The SMILES string of the molecule is CN(Cc1ccccc1)C(=O)CCN1C(=O)CCC1=O. The number of hydrogen-bond donors (Lipinski definition) is 0. The summed E-state index contributed by atoms with van der Waals surface area (Å²) in [4.78, 5) is 37.7. The van der Waals surface area contributed by atoms with Crippen LogP contribution in [0.5, 0.6) is 0 Å². The van der Waals surface area contributed by atoms with Gasteiger partial charge in [0.05, 0.1) is 0 Å². The molecule has 0 bridgehead atoms. The molecule has 0 aliphatic carbocycles. The lowest BCUT2D eigenvalue weighted by atomic mass is 10.2. The molecule has 0 N–H and O–H groups in total. The number of likely N-dealkylation sites (tertiary alicyclic amines) is 1. The van der Waals surface area contributed by atoms with Crippen molar-refractivity contribution in [1.29, 1.82) is 0 Å². The number of amides is 3. The van der Waals surface area contributed by atoms with Crippen LogP contribution in [0.25, 0.3) is 0 Å². The van der Waals surface area contributed by atoms with E-state index in [0.717, 1.165) is 5.56 Å². The Kier molecular flexibility index (Phi) is 4.50. The van der Waals surface area contributed by atoms with Crippen LogP contribution in [-0.2, 0) is 20.9 Å². The first-order chi connectivity index (χ1) is 9.58. The zero-order chi connectivity index (χ0) is 14.5. The van der Waals surface area contributed by atoms with Gasteiger partial charge in [0.2, 0.25) is 17.7 Å². The fourth-order valence-electron chi connectivity index (χ4n) is 2.22. The summed E-state index contributed by atoms with van der Waals surface area (Å²) in [5.74, 6) is -0.414. The molecule has 3 amide bonds. The maximum absolute atomic E-state index is 12.0. The summed E-state index contributed by atoms with van der Waals surface area (Å²) in [6.45, 7) is 0.719. The second kappa shape index (κ2) is 6.32. The van der Waals surface area contributed by atoms with E-state index >= 15 is 0 Å². The van der Waals surface area contributed by atoms with Gasteiger partial charge in [-0.2, -0.15) is 0 Å². The van der Waals surface area contributed by atoms with Gasteiger partial charge in [0.25, 0.3) is 0 Å². The van der Waals surface area contributed by atoms with Gasteiger partial charge in [-0.15, -0.1) is 0 Å². The molecule has 5 nitrogen and oxygen atoms in total. The van der Waals surface area contributed by atoms with Crippen molar-refractivity contribution in [3.05, 3.63) is 35.9 Å². The number of benzene rings is 1. The molecule has 1 aromatic rings. The van der Waals surface area contributed by atoms with Gasteiger partial charge in [0, 0.05) is 39.4 Å². The molecule has 2 rings (SSSR count). The second-order valence-electron chi connectivity index (χ2n) is 4.92. The van der Waals surface area contributed by atoms with E-state index in [9.17, 15) is 14.4 Å². The molecular formula is C15H18N2O3. The van der Waals surface area contributed by atoms with E-state index in [1.807, 2.05) is 30.3 Å². The molecule has 5 heteroatoms. The van der Waals surface area contributed by atoms with Gasteiger partial charge >= 0.3 is 0 Å². The van der Waals surface area contributed by atoms with Crippen molar-refractivity contribution >= 4 is 17.7 Å². The van der Waals surface area contributed by atoms with E-state index in [1.54, 1.807) is 11.9 Å². The van der Waals surface area contributed by atoms with Crippen molar-refractivity contribution < 1.29 is 14.4 Å². The molecule has 1 aromatic carbocycles. The Balaban J connectivity index is 1.82. The van der Waals surface area contributed by atoms with Gasteiger partial charge in [-0.05, 0) is 5.56 Å². The van der Waals surface area contributed by atoms with Gasteiger partial charge in [-0.1, -0.05) is 30.3 Å². The molecule has 0 atom stereocenters. The van der Waals surface area contributed by atoms with E-state index < -0.39 is 0 Å². The molecule has 0 radical (unpaired) electrons. The Morgan fingerprint density at radius 2 is 1.75 bits per heavy atom. The fourth-order valence-corrected chi connectivity index (χ4v) is 2.22. The minimum absolute atomic E-state index is 0.0682. The average Bonchev–Trinajstić information content (AvgIpc) is 2.76. The van der Waals surface area contributed by atoms with Gasteiger partial charge in [0.15, 0.2) is 0 Å². The normalized spacial score (nSPS) is 14.8. The van der Waals surface area contributed by atoms with Crippen LogP contribution in [-0.4, -0.2) is 41.1 Å². The first kappa shape index (κ1) is 14.2. The van der Waals surface area contributed by atoms with Gasteiger partial charge in [-0.3, -0.25) is 19.3 Å². The zero-order valence-electron chi connectivity index (χ0n) is 11.5. The number of rotatable bonds is 5. The van der Waals surface area contributed by atoms with E-state index in [-0.39, 0.29) is 43.5 Å². The van der Waals surface area contributed by atoms with Crippen molar-refractivity contribution in [2.24, 2.45) is 0 Å². The van der Waals surface area contributed by atoms with Crippen LogP contribution >= 0.6 is 0 Å². The molecule has 20 heavy (non-hydrogen) atoms. The van der Waals surface area contributed by atoms with Crippen molar-refractivity contribution in [2.75, 3.05) is 13.6 Å². The predicted molar refractivity (Wildman–Crippen MR) is 73.5 cm³/mol. The minimum atomic E-state index is -0.173. The lowest BCUT2D eigenvalue weighted by Crippen LogP contribution is -2.34. The lowest BCUT2D eigenvalue weighted by molar-refractivity contribution is -0.139. The monoisotopic (exact) mass is 274 g/mol. The summed E-state index contributed by atoms with van der Waals surface area (Å²) in [5, 5.41) is 0. The van der Waals surface area contributed by atoms with E-state index in [0.29, 0.717) is 6.54 Å². The zero-order valence-corrected chi connectivity index (χ0v) is 11.5. The lowest BCUT2D eigenvalue weighted by Gasteiger charge is -2.19. The summed E-state index contributed by atoms with van der Waals surface area (Å²) in [6.07, 6.45) is 0.723. The third-order valence-corrected chi connectivity index (χ3v) is 3.39. The number of hydrogen-bond acceptors (Lipinski definition) is 3. The van der Waals surface area contributed by atoms with Crippen LogP contribution in [0.2, 0.25) is 0 Å². The quantitative estimate of drug-likeness (QED) is 0.758. The Morgan fingerprint density at radius 1 is 1.15 bits per heavy atom. The van der Waals surface area contributed by atoms with Crippen molar-refractivity contribution in [3.63, 3.8) is 0 Å². The Bertz CT molecular complexity index is 497. The molecule has 0 unspecified atom stereocenters. The molecule has 0 spiro atoms.